The molecule has 0 aliphatic heterocycles. The minimum Gasteiger partial charge on any atom is -0.407 e. The van der Waals surface area contributed by atoms with E-state index in [0.29, 0.717) is 6.61 Å². The SMILES string of the molecule is CC(C)(C)[Si](OCCCC#Cc1ccccn1)(c1ccccc1)c1ccccc1. The van der Waals surface area contributed by atoms with Crippen LogP contribution in [0.15, 0.2) is 85.1 Å². The maximum atomic E-state index is 6.87. The number of aromatic nitrogens is 1. The van der Waals surface area contributed by atoms with Crippen molar-refractivity contribution < 1.29 is 4.43 Å². The van der Waals surface area contributed by atoms with E-state index in [-0.39, 0.29) is 5.04 Å². The number of benzene rings is 2. The molecule has 3 aromatic rings. The van der Waals surface area contributed by atoms with Crippen molar-refractivity contribution in [2.45, 2.75) is 38.7 Å². The van der Waals surface area contributed by atoms with Crippen LogP contribution in [0.2, 0.25) is 5.04 Å². The molecule has 0 radical (unpaired) electrons. The minimum atomic E-state index is -2.43. The fourth-order valence-electron chi connectivity index (χ4n) is 3.74. The molecule has 0 spiro atoms. The Kier molecular flexibility index (Phi) is 7.03. The van der Waals surface area contributed by atoms with Gasteiger partial charge in [0.1, 0.15) is 5.69 Å². The van der Waals surface area contributed by atoms with Gasteiger partial charge in [0.15, 0.2) is 0 Å². The van der Waals surface area contributed by atoms with E-state index < -0.39 is 8.32 Å². The molecule has 1 heterocycles. The molecule has 0 aliphatic carbocycles. The third-order valence-corrected chi connectivity index (χ3v) is 10.1. The lowest BCUT2D eigenvalue weighted by atomic mass is 10.2. The maximum absolute atomic E-state index is 6.87. The van der Waals surface area contributed by atoms with Gasteiger partial charge in [-0.25, -0.2) is 4.98 Å². The number of unbranched alkanes of at least 4 members (excludes halogenated alkanes) is 1. The number of nitrogens with zero attached hydrogens (tertiary/aromatic N) is 1. The Labute approximate surface area is 176 Å². The normalized spacial score (nSPS) is 11.6. The third-order valence-electron chi connectivity index (χ3n) is 5.06. The molecule has 0 amide bonds. The zero-order valence-corrected chi connectivity index (χ0v) is 18.6. The Hall–Kier alpha value is -2.67. The highest BCUT2D eigenvalue weighted by molar-refractivity contribution is 6.99. The minimum absolute atomic E-state index is 0.00927. The first-order valence-corrected chi connectivity index (χ1v) is 12.1. The molecule has 29 heavy (non-hydrogen) atoms. The van der Waals surface area contributed by atoms with E-state index in [1.165, 1.54) is 10.4 Å². The van der Waals surface area contributed by atoms with Crippen LogP contribution >= 0.6 is 0 Å². The monoisotopic (exact) mass is 399 g/mol. The Balaban J connectivity index is 1.80. The van der Waals surface area contributed by atoms with Gasteiger partial charge in [-0.2, -0.15) is 0 Å². The Morgan fingerprint density at radius 2 is 1.41 bits per heavy atom. The molecule has 0 saturated carbocycles. The highest BCUT2D eigenvalue weighted by Gasteiger charge is 2.49. The van der Waals surface area contributed by atoms with Gasteiger partial charge < -0.3 is 4.43 Å². The van der Waals surface area contributed by atoms with Crippen molar-refractivity contribution in [2.75, 3.05) is 6.61 Å². The van der Waals surface area contributed by atoms with Crippen LogP contribution in [0.25, 0.3) is 0 Å². The Morgan fingerprint density at radius 1 is 0.828 bits per heavy atom. The van der Waals surface area contributed by atoms with Crippen LogP contribution in [-0.4, -0.2) is 19.9 Å². The standard InChI is InChI=1S/C26H29NOSi/c1-26(2,3)29(24-17-8-4-9-18-24,25-19-10-5-11-20-25)28-22-14-6-7-15-23-16-12-13-21-27-23/h4-5,8-13,16-21H,6,14,22H2,1-3H3. The molecule has 0 fully saturated rings. The molecule has 0 N–H and O–H groups in total. The predicted molar refractivity (Wildman–Crippen MR) is 124 cm³/mol. The fraction of sp³-hybridized carbons (Fsp3) is 0.269. The van der Waals surface area contributed by atoms with Gasteiger partial charge in [-0.3, -0.25) is 0 Å². The largest absolute Gasteiger partial charge is 0.407 e. The summed E-state index contributed by atoms with van der Waals surface area (Å²) in [6.45, 7) is 7.62. The smallest absolute Gasteiger partial charge is 0.261 e. The van der Waals surface area contributed by atoms with E-state index in [1.807, 2.05) is 18.2 Å². The highest BCUT2D eigenvalue weighted by atomic mass is 28.4. The molecule has 1 aromatic heterocycles. The van der Waals surface area contributed by atoms with Gasteiger partial charge in [-0.05, 0) is 39.9 Å². The highest BCUT2D eigenvalue weighted by Crippen LogP contribution is 2.36. The fourth-order valence-corrected chi connectivity index (χ4v) is 8.34. The average Bonchev–Trinajstić information content (AvgIpc) is 2.74. The molecule has 0 aliphatic rings. The van der Waals surface area contributed by atoms with Crippen molar-refractivity contribution in [3.8, 4) is 11.8 Å². The van der Waals surface area contributed by atoms with E-state index in [1.54, 1.807) is 6.20 Å². The second kappa shape index (κ2) is 9.69. The van der Waals surface area contributed by atoms with Crippen LogP contribution in [0.4, 0.5) is 0 Å². The summed E-state index contributed by atoms with van der Waals surface area (Å²) in [4.78, 5) is 4.25. The van der Waals surface area contributed by atoms with Gasteiger partial charge in [0, 0.05) is 19.2 Å². The van der Waals surface area contributed by atoms with Crippen LogP contribution in [0.5, 0.6) is 0 Å². The van der Waals surface area contributed by atoms with Crippen LogP contribution in [0.3, 0.4) is 0 Å². The first-order chi connectivity index (χ1) is 14.0. The van der Waals surface area contributed by atoms with E-state index in [0.717, 1.165) is 18.5 Å². The topological polar surface area (TPSA) is 22.1 Å². The Bertz CT molecular complexity index is 898. The van der Waals surface area contributed by atoms with Gasteiger partial charge >= 0.3 is 0 Å². The van der Waals surface area contributed by atoms with E-state index in [2.05, 4.69) is 98.3 Å². The van der Waals surface area contributed by atoms with Crippen LogP contribution < -0.4 is 10.4 Å². The molecule has 0 unspecified atom stereocenters. The lowest BCUT2D eigenvalue weighted by molar-refractivity contribution is 0.293. The van der Waals surface area contributed by atoms with Gasteiger partial charge in [-0.1, -0.05) is 93.4 Å². The van der Waals surface area contributed by atoms with Gasteiger partial charge in [0.2, 0.25) is 0 Å². The molecule has 3 rings (SSSR count). The van der Waals surface area contributed by atoms with Crippen LogP contribution in [0.1, 0.15) is 39.3 Å². The zero-order valence-electron chi connectivity index (χ0n) is 17.6. The molecular weight excluding hydrogens is 370 g/mol. The van der Waals surface area contributed by atoms with Gasteiger partial charge in [0.05, 0.1) is 0 Å². The van der Waals surface area contributed by atoms with Crippen LogP contribution in [-0.2, 0) is 4.43 Å². The van der Waals surface area contributed by atoms with E-state index in [9.17, 15) is 0 Å². The van der Waals surface area contributed by atoms with E-state index in [4.69, 9.17) is 4.43 Å². The van der Waals surface area contributed by atoms with E-state index >= 15 is 0 Å². The molecule has 2 aromatic carbocycles. The molecular formula is C26H29NOSi. The second-order valence-electron chi connectivity index (χ2n) is 8.13. The average molecular weight is 400 g/mol. The number of hydrogen-bond donors (Lipinski definition) is 0. The van der Waals surface area contributed by atoms with Crippen molar-refractivity contribution in [1.82, 2.24) is 4.98 Å². The summed E-state index contributed by atoms with van der Waals surface area (Å²) in [6.07, 6.45) is 3.48. The van der Waals surface area contributed by atoms with Crippen molar-refractivity contribution >= 4 is 18.7 Å². The number of hydrogen-bond acceptors (Lipinski definition) is 2. The van der Waals surface area contributed by atoms with Crippen molar-refractivity contribution in [2.24, 2.45) is 0 Å². The summed E-state index contributed by atoms with van der Waals surface area (Å²) in [5.74, 6) is 6.36. The lowest BCUT2D eigenvalue weighted by Gasteiger charge is -2.43. The van der Waals surface area contributed by atoms with Crippen LogP contribution in [0, 0.1) is 11.8 Å². The first kappa shape index (κ1) is 21.0. The third kappa shape index (κ3) is 5.03. The molecule has 0 atom stereocenters. The zero-order chi connectivity index (χ0) is 20.6. The summed E-state index contributed by atoms with van der Waals surface area (Å²) in [7, 11) is -2.43. The molecule has 3 heteroatoms. The summed E-state index contributed by atoms with van der Waals surface area (Å²) in [5, 5.41) is 2.64. The lowest BCUT2D eigenvalue weighted by Crippen LogP contribution is -2.66. The predicted octanol–water partition coefficient (Wildman–Crippen LogP) is 4.79. The maximum Gasteiger partial charge on any atom is 0.261 e. The molecule has 148 valence electrons. The Morgan fingerprint density at radius 3 is 1.93 bits per heavy atom. The number of pyridine rings is 1. The van der Waals surface area contributed by atoms with Crippen molar-refractivity contribution in [3.05, 3.63) is 90.8 Å². The summed E-state index contributed by atoms with van der Waals surface area (Å²) in [5.41, 5.74) is 0.820. The van der Waals surface area contributed by atoms with Gasteiger partial charge in [0.25, 0.3) is 8.32 Å². The van der Waals surface area contributed by atoms with Gasteiger partial charge in [-0.15, -0.1) is 0 Å². The van der Waals surface area contributed by atoms with Crippen molar-refractivity contribution in [1.29, 1.82) is 0 Å². The first-order valence-electron chi connectivity index (χ1n) is 10.2. The molecule has 0 saturated heterocycles. The summed E-state index contributed by atoms with van der Waals surface area (Å²) < 4.78 is 6.87. The second-order valence-corrected chi connectivity index (χ2v) is 12.4. The molecule has 0 bridgehead atoms. The quantitative estimate of drug-likeness (QED) is 0.338. The van der Waals surface area contributed by atoms with Crippen molar-refractivity contribution in [3.63, 3.8) is 0 Å². The summed E-state index contributed by atoms with van der Waals surface area (Å²) >= 11 is 0. The molecule has 2 nitrogen and oxygen atoms in total. The number of rotatable bonds is 6. The summed E-state index contributed by atoms with van der Waals surface area (Å²) in [6, 6.07) is 27.3.